The zero-order chi connectivity index (χ0) is 14.3. The molecule has 1 aliphatic carbocycles. The number of anilines is 1. The standard InChI is InChI=1S/C16H16ClNOS/c1-2-14-11-5-3-4-6-12(11)16(19)18(14)10-7-8-13(17)15(20)9-10/h2,7-9,20H,3-6H2,1H3. The first-order chi connectivity index (χ1) is 9.63. The summed E-state index contributed by atoms with van der Waals surface area (Å²) in [5, 5.41) is 0.600. The summed E-state index contributed by atoms with van der Waals surface area (Å²) in [5.74, 6) is 0.114. The van der Waals surface area contributed by atoms with Gasteiger partial charge in [0.25, 0.3) is 5.91 Å². The van der Waals surface area contributed by atoms with E-state index in [-0.39, 0.29) is 5.91 Å². The predicted molar refractivity (Wildman–Crippen MR) is 85.4 cm³/mol. The van der Waals surface area contributed by atoms with Crippen molar-refractivity contribution >= 4 is 35.8 Å². The summed E-state index contributed by atoms with van der Waals surface area (Å²) in [7, 11) is 0. The number of carbonyl (C=O) groups is 1. The molecule has 3 rings (SSSR count). The monoisotopic (exact) mass is 305 g/mol. The predicted octanol–water partition coefficient (Wildman–Crippen LogP) is 4.75. The van der Waals surface area contributed by atoms with Crippen LogP contribution in [0.2, 0.25) is 5.02 Å². The van der Waals surface area contributed by atoms with Crippen LogP contribution in [0.5, 0.6) is 0 Å². The second-order valence-corrected chi connectivity index (χ2v) is 6.00. The normalized spacial score (nSPS) is 20.9. The molecule has 0 unspecified atom stereocenters. The van der Waals surface area contributed by atoms with Crippen molar-refractivity contribution < 1.29 is 4.79 Å². The first-order valence-corrected chi connectivity index (χ1v) is 7.67. The molecule has 4 heteroatoms. The Morgan fingerprint density at radius 2 is 1.95 bits per heavy atom. The van der Waals surface area contributed by atoms with E-state index in [1.54, 1.807) is 11.0 Å². The summed E-state index contributed by atoms with van der Waals surface area (Å²) in [6.07, 6.45) is 6.18. The van der Waals surface area contributed by atoms with E-state index < -0.39 is 0 Å². The van der Waals surface area contributed by atoms with E-state index in [0.717, 1.165) is 42.6 Å². The van der Waals surface area contributed by atoms with Crippen molar-refractivity contribution in [2.45, 2.75) is 37.5 Å². The van der Waals surface area contributed by atoms with Crippen molar-refractivity contribution in [2.24, 2.45) is 0 Å². The van der Waals surface area contributed by atoms with Crippen LogP contribution >= 0.6 is 24.2 Å². The molecule has 0 fully saturated rings. The molecule has 1 heterocycles. The molecule has 104 valence electrons. The van der Waals surface area contributed by atoms with Gasteiger partial charge >= 0.3 is 0 Å². The zero-order valence-corrected chi connectivity index (χ0v) is 13.0. The lowest BCUT2D eigenvalue weighted by Gasteiger charge is -2.20. The van der Waals surface area contributed by atoms with Crippen molar-refractivity contribution in [2.75, 3.05) is 4.90 Å². The number of allylic oxidation sites excluding steroid dienone is 2. The van der Waals surface area contributed by atoms with E-state index in [1.165, 1.54) is 5.57 Å². The number of thiol groups is 1. The maximum atomic E-state index is 12.7. The van der Waals surface area contributed by atoms with Gasteiger partial charge in [0.15, 0.2) is 0 Å². The molecule has 0 radical (unpaired) electrons. The number of rotatable bonds is 1. The molecule has 1 aromatic carbocycles. The molecular formula is C16H16ClNOS. The maximum Gasteiger partial charge on any atom is 0.259 e. The molecule has 1 amide bonds. The molecule has 0 atom stereocenters. The van der Waals surface area contributed by atoms with Gasteiger partial charge in [0.2, 0.25) is 0 Å². The molecular weight excluding hydrogens is 290 g/mol. The van der Waals surface area contributed by atoms with Crippen molar-refractivity contribution in [3.05, 3.63) is 46.1 Å². The number of carbonyl (C=O) groups excluding carboxylic acids is 1. The Hall–Kier alpha value is -1.19. The third kappa shape index (κ3) is 2.09. The zero-order valence-electron chi connectivity index (χ0n) is 11.3. The van der Waals surface area contributed by atoms with Crippen LogP contribution in [0.1, 0.15) is 32.6 Å². The van der Waals surface area contributed by atoms with Crippen LogP contribution in [0, 0.1) is 0 Å². The number of amides is 1. The summed E-state index contributed by atoms with van der Waals surface area (Å²) >= 11 is 10.4. The largest absolute Gasteiger partial charge is 0.277 e. The quantitative estimate of drug-likeness (QED) is 0.742. The second-order valence-electron chi connectivity index (χ2n) is 5.11. The highest BCUT2D eigenvalue weighted by molar-refractivity contribution is 7.80. The average molecular weight is 306 g/mol. The molecule has 0 spiro atoms. The highest BCUT2D eigenvalue weighted by Crippen LogP contribution is 2.42. The van der Waals surface area contributed by atoms with Crippen LogP contribution < -0.4 is 4.90 Å². The Kier molecular flexibility index (Phi) is 3.65. The minimum atomic E-state index is 0.114. The van der Waals surface area contributed by atoms with Crippen molar-refractivity contribution in [3.63, 3.8) is 0 Å². The molecule has 2 aliphatic rings. The summed E-state index contributed by atoms with van der Waals surface area (Å²) in [6.45, 7) is 1.98. The molecule has 0 aromatic heterocycles. The lowest BCUT2D eigenvalue weighted by atomic mass is 9.92. The van der Waals surface area contributed by atoms with Crippen LogP contribution in [-0.2, 0) is 4.79 Å². The van der Waals surface area contributed by atoms with Gasteiger partial charge in [-0.2, -0.15) is 0 Å². The van der Waals surface area contributed by atoms with Crippen LogP contribution in [0.25, 0.3) is 0 Å². The van der Waals surface area contributed by atoms with E-state index in [1.807, 2.05) is 25.1 Å². The third-order valence-electron chi connectivity index (χ3n) is 3.94. The van der Waals surface area contributed by atoms with Gasteiger partial charge in [0, 0.05) is 16.2 Å². The summed E-state index contributed by atoms with van der Waals surface area (Å²) in [6, 6.07) is 5.52. The SMILES string of the molecule is CC=C1C2=C(CCCC2)C(=O)N1c1ccc(Cl)c(S)c1. The van der Waals surface area contributed by atoms with E-state index in [9.17, 15) is 4.79 Å². The highest BCUT2D eigenvalue weighted by Gasteiger charge is 2.36. The topological polar surface area (TPSA) is 20.3 Å². The van der Waals surface area contributed by atoms with Gasteiger partial charge in [0.05, 0.1) is 10.7 Å². The molecule has 0 bridgehead atoms. The van der Waals surface area contributed by atoms with Gasteiger partial charge in [0.1, 0.15) is 0 Å². The van der Waals surface area contributed by atoms with Gasteiger partial charge in [-0.25, -0.2) is 0 Å². The number of benzene rings is 1. The molecule has 0 N–H and O–H groups in total. The third-order valence-corrected chi connectivity index (χ3v) is 4.77. The summed E-state index contributed by atoms with van der Waals surface area (Å²) in [4.78, 5) is 15.2. The van der Waals surface area contributed by atoms with Gasteiger partial charge < -0.3 is 0 Å². The first kappa shape index (κ1) is 13.8. The Morgan fingerprint density at radius 3 is 2.60 bits per heavy atom. The number of halogens is 1. The van der Waals surface area contributed by atoms with Crippen LogP contribution in [0.4, 0.5) is 5.69 Å². The Morgan fingerprint density at radius 1 is 1.25 bits per heavy atom. The molecule has 1 aromatic rings. The number of hydrogen-bond acceptors (Lipinski definition) is 2. The number of nitrogens with zero attached hydrogens (tertiary/aromatic N) is 1. The van der Waals surface area contributed by atoms with E-state index in [2.05, 4.69) is 12.6 Å². The van der Waals surface area contributed by atoms with Crippen LogP contribution in [-0.4, -0.2) is 5.91 Å². The smallest absolute Gasteiger partial charge is 0.259 e. The lowest BCUT2D eigenvalue weighted by Crippen LogP contribution is -2.25. The molecule has 1 aliphatic heterocycles. The second kappa shape index (κ2) is 5.30. The van der Waals surface area contributed by atoms with E-state index in [0.29, 0.717) is 9.92 Å². The number of hydrogen-bond donors (Lipinski definition) is 1. The minimum absolute atomic E-state index is 0.114. The minimum Gasteiger partial charge on any atom is -0.277 e. The molecule has 0 saturated heterocycles. The van der Waals surface area contributed by atoms with E-state index >= 15 is 0 Å². The fourth-order valence-electron chi connectivity index (χ4n) is 3.00. The summed E-state index contributed by atoms with van der Waals surface area (Å²) in [5.41, 5.74) is 4.08. The van der Waals surface area contributed by atoms with Crippen molar-refractivity contribution in [1.82, 2.24) is 0 Å². The average Bonchev–Trinajstić information content (AvgIpc) is 2.75. The van der Waals surface area contributed by atoms with Gasteiger partial charge in [-0.1, -0.05) is 17.7 Å². The van der Waals surface area contributed by atoms with E-state index in [4.69, 9.17) is 11.6 Å². The summed E-state index contributed by atoms with van der Waals surface area (Å²) < 4.78 is 0. The fourth-order valence-corrected chi connectivity index (χ4v) is 3.33. The van der Waals surface area contributed by atoms with Crippen LogP contribution in [0.15, 0.2) is 46.0 Å². The fraction of sp³-hybridized carbons (Fsp3) is 0.312. The Labute approximate surface area is 129 Å². The Bertz CT molecular complexity index is 648. The lowest BCUT2D eigenvalue weighted by molar-refractivity contribution is -0.114. The first-order valence-electron chi connectivity index (χ1n) is 6.85. The Balaban J connectivity index is 2.06. The van der Waals surface area contributed by atoms with Crippen LogP contribution in [0.3, 0.4) is 0 Å². The molecule has 2 nitrogen and oxygen atoms in total. The molecule has 20 heavy (non-hydrogen) atoms. The van der Waals surface area contributed by atoms with Gasteiger partial charge in [-0.05, 0) is 56.4 Å². The van der Waals surface area contributed by atoms with Gasteiger partial charge in [-0.15, -0.1) is 12.6 Å². The molecule has 0 saturated carbocycles. The maximum absolute atomic E-state index is 12.7. The van der Waals surface area contributed by atoms with Crippen molar-refractivity contribution in [3.8, 4) is 0 Å². The highest BCUT2D eigenvalue weighted by atomic mass is 35.5. The van der Waals surface area contributed by atoms with Gasteiger partial charge in [-0.3, -0.25) is 9.69 Å². The van der Waals surface area contributed by atoms with Crippen molar-refractivity contribution in [1.29, 1.82) is 0 Å².